The number of aromatic nitrogens is 2. The van der Waals surface area contributed by atoms with E-state index in [1.54, 1.807) is 6.33 Å². The van der Waals surface area contributed by atoms with Gasteiger partial charge >= 0.3 is 0 Å². The van der Waals surface area contributed by atoms with Crippen molar-refractivity contribution in [3.8, 4) is 0 Å². The molecule has 1 aliphatic carbocycles. The maximum absolute atomic E-state index is 9.36. The van der Waals surface area contributed by atoms with Gasteiger partial charge in [-0.25, -0.2) is 4.98 Å². The number of nitrogens with two attached hydrogens (primary N) is 1. The Balaban J connectivity index is 1.99. The summed E-state index contributed by atoms with van der Waals surface area (Å²) in [5.74, 6) is 0. The van der Waals surface area contributed by atoms with E-state index >= 15 is 0 Å². The highest BCUT2D eigenvalue weighted by Gasteiger charge is 2.47. The minimum absolute atomic E-state index is 0.0757. The molecule has 4 N–H and O–H groups in total. The van der Waals surface area contributed by atoms with Crippen LogP contribution in [0.5, 0.6) is 0 Å². The number of hydrogen-bond acceptors (Lipinski definition) is 3. The summed E-state index contributed by atoms with van der Waals surface area (Å²) in [6.45, 7) is 0.176. The molecule has 1 atom stereocenters. The smallest absolute Gasteiger partial charge is 0.0931 e. The standard InChI is InChI=1S/C12H15N3O/c13-11(12(6-16)3-4-12)8-1-2-9-10(5-8)15-7-14-9/h1-2,5,7,11,16H,3-4,6,13H2,(H,14,15). The fraction of sp³-hybridized carbons (Fsp3) is 0.417. The van der Waals surface area contributed by atoms with Crippen molar-refractivity contribution in [1.82, 2.24) is 9.97 Å². The number of imidazole rings is 1. The number of nitrogens with one attached hydrogen (secondary N) is 1. The van der Waals surface area contributed by atoms with Crippen molar-refractivity contribution in [2.24, 2.45) is 11.1 Å². The van der Waals surface area contributed by atoms with Gasteiger partial charge in [0.2, 0.25) is 0 Å². The van der Waals surface area contributed by atoms with Crippen LogP contribution in [-0.4, -0.2) is 21.7 Å². The van der Waals surface area contributed by atoms with E-state index in [0.29, 0.717) is 0 Å². The van der Waals surface area contributed by atoms with Crippen LogP contribution in [0.3, 0.4) is 0 Å². The van der Waals surface area contributed by atoms with Gasteiger partial charge in [-0.1, -0.05) is 6.07 Å². The van der Waals surface area contributed by atoms with Gasteiger partial charge in [-0.05, 0) is 30.5 Å². The lowest BCUT2D eigenvalue weighted by Gasteiger charge is -2.21. The Morgan fingerprint density at radius 1 is 1.50 bits per heavy atom. The van der Waals surface area contributed by atoms with Crippen molar-refractivity contribution in [3.63, 3.8) is 0 Å². The van der Waals surface area contributed by atoms with Crippen LogP contribution in [0.2, 0.25) is 0 Å². The van der Waals surface area contributed by atoms with Crippen LogP contribution in [0, 0.1) is 5.41 Å². The van der Waals surface area contributed by atoms with Crippen molar-refractivity contribution in [2.75, 3.05) is 6.61 Å². The predicted molar refractivity (Wildman–Crippen MR) is 61.8 cm³/mol. The second-order valence-corrected chi connectivity index (χ2v) is 4.68. The highest BCUT2D eigenvalue weighted by atomic mass is 16.3. The quantitative estimate of drug-likeness (QED) is 0.726. The van der Waals surface area contributed by atoms with Gasteiger partial charge in [0, 0.05) is 11.5 Å². The fourth-order valence-electron chi connectivity index (χ4n) is 2.23. The van der Waals surface area contributed by atoms with Gasteiger partial charge in [-0.2, -0.15) is 0 Å². The third-order valence-electron chi connectivity index (χ3n) is 3.67. The van der Waals surface area contributed by atoms with Gasteiger partial charge in [0.15, 0.2) is 0 Å². The monoisotopic (exact) mass is 217 g/mol. The molecule has 3 rings (SSSR count). The van der Waals surface area contributed by atoms with Crippen molar-refractivity contribution >= 4 is 11.0 Å². The first kappa shape index (κ1) is 9.81. The molecule has 1 unspecified atom stereocenters. The Morgan fingerprint density at radius 2 is 2.31 bits per heavy atom. The summed E-state index contributed by atoms with van der Waals surface area (Å²) in [6, 6.07) is 5.92. The molecule has 1 fully saturated rings. The molecule has 16 heavy (non-hydrogen) atoms. The molecule has 0 saturated heterocycles. The lowest BCUT2D eigenvalue weighted by Crippen LogP contribution is -2.25. The molecular weight excluding hydrogens is 202 g/mol. The Hall–Kier alpha value is -1.39. The maximum atomic E-state index is 9.36. The van der Waals surface area contributed by atoms with Crippen molar-refractivity contribution < 1.29 is 5.11 Å². The number of aliphatic hydroxyl groups is 1. The number of nitrogens with zero attached hydrogens (tertiary/aromatic N) is 1. The molecular formula is C12H15N3O. The molecule has 0 aliphatic heterocycles. The Labute approximate surface area is 93.5 Å². The maximum Gasteiger partial charge on any atom is 0.0931 e. The minimum Gasteiger partial charge on any atom is -0.396 e. The molecule has 0 bridgehead atoms. The van der Waals surface area contributed by atoms with Crippen molar-refractivity contribution in [3.05, 3.63) is 30.1 Å². The molecule has 1 saturated carbocycles. The van der Waals surface area contributed by atoms with Crippen molar-refractivity contribution in [1.29, 1.82) is 0 Å². The van der Waals surface area contributed by atoms with Gasteiger partial charge in [0.1, 0.15) is 0 Å². The topological polar surface area (TPSA) is 74.9 Å². The number of aliphatic hydroxyl groups excluding tert-OH is 1. The Morgan fingerprint density at radius 3 is 3.00 bits per heavy atom. The lowest BCUT2D eigenvalue weighted by molar-refractivity contribution is 0.188. The minimum atomic E-state index is -0.0785. The average molecular weight is 217 g/mol. The first-order valence-corrected chi connectivity index (χ1v) is 5.55. The molecule has 1 aliphatic rings. The summed E-state index contributed by atoms with van der Waals surface area (Å²) in [5.41, 5.74) is 9.16. The molecule has 2 aromatic rings. The summed E-state index contributed by atoms with van der Waals surface area (Å²) in [7, 11) is 0. The first-order chi connectivity index (χ1) is 7.75. The average Bonchev–Trinajstić information content (AvgIpc) is 2.98. The van der Waals surface area contributed by atoms with Gasteiger partial charge in [-0.15, -0.1) is 0 Å². The van der Waals surface area contributed by atoms with E-state index in [-0.39, 0.29) is 18.1 Å². The highest BCUT2D eigenvalue weighted by molar-refractivity contribution is 5.75. The molecule has 0 amide bonds. The number of benzene rings is 1. The van der Waals surface area contributed by atoms with Crippen LogP contribution in [-0.2, 0) is 0 Å². The summed E-state index contributed by atoms with van der Waals surface area (Å²) < 4.78 is 0. The molecule has 4 heteroatoms. The van der Waals surface area contributed by atoms with Crippen molar-refractivity contribution in [2.45, 2.75) is 18.9 Å². The Kier molecular flexibility index (Phi) is 2.02. The van der Waals surface area contributed by atoms with Crippen LogP contribution < -0.4 is 5.73 Å². The van der Waals surface area contributed by atoms with E-state index in [1.165, 1.54) is 0 Å². The molecule has 1 aromatic carbocycles. The molecule has 0 radical (unpaired) electrons. The predicted octanol–water partition coefficient (Wildman–Crippen LogP) is 1.34. The zero-order valence-corrected chi connectivity index (χ0v) is 8.98. The molecule has 4 nitrogen and oxygen atoms in total. The Bertz CT molecular complexity index is 516. The zero-order valence-electron chi connectivity index (χ0n) is 8.98. The van der Waals surface area contributed by atoms with Gasteiger partial charge in [0.25, 0.3) is 0 Å². The summed E-state index contributed by atoms with van der Waals surface area (Å²) in [6.07, 6.45) is 3.72. The van der Waals surface area contributed by atoms with Gasteiger partial charge in [-0.3, -0.25) is 0 Å². The number of hydrogen-bond donors (Lipinski definition) is 3. The third-order valence-corrected chi connectivity index (χ3v) is 3.67. The zero-order chi connectivity index (χ0) is 11.2. The van der Waals surface area contributed by atoms with E-state index in [2.05, 4.69) is 9.97 Å². The molecule has 0 spiro atoms. The van der Waals surface area contributed by atoms with E-state index in [4.69, 9.17) is 5.73 Å². The van der Waals surface area contributed by atoms with Gasteiger partial charge in [0.05, 0.1) is 24.0 Å². The van der Waals surface area contributed by atoms with Crippen LogP contribution in [0.4, 0.5) is 0 Å². The number of rotatable bonds is 3. The number of aromatic amines is 1. The van der Waals surface area contributed by atoms with Crippen LogP contribution in [0.15, 0.2) is 24.5 Å². The third kappa shape index (κ3) is 1.34. The van der Waals surface area contributed by atoms with Crippen LogP contribution in [0.1, 0.15) is 24.4 Å². The number of H-pyrrole nitrogens is 1. The fourth-order valence-corrected chi connectivity index (χ4v) is 2.23. The van der Waals surface area contributed by atoms with E-state index in [9.17, 15) is 5.11 Å². The van der Waals surface area contributed by atoms with Crippen LogP contribution in [0.25, 0.3) is 11.0 Å². The largest absolute Gasteiger partial charge is 0.396 e. The molecule has 84 valence electrons. The second-order valence-electron chi connectivity index (χ2n) is 4.68. The second kappa shape index (κ2) is 3.30. The highest BCUT2D eigenvalue weighted by Crippen LogP contribution is 2.53. The normalized spacial score (nSPS) is 19.9. The SMILES string of the molecule is NC(c1ccc2nc[nH]c2c1)C1(CO)CC1. The number of fused-ring (bicyclic) bond motifs is 1. The van der Waals surface area contributed by atoms with Crippen LogP contribution >= 0.6 is 0 Å². The molecule has 1 aromatic heterocycles. The lowest BCUT2D eigenvalue weighted by atomic mass is 9.91. The van der Waals surface area contributed by atoms with E-state index < -0.39 is 0 Å². The summed E-state index contributed by atoms with van der Waals surface area (Å²) in [5, 5.41) is 9.36. The van der Waals surface area contributed by atoms with E-state index in [0.717, 1.165) is 29.4 Å². The summed E-state index contributed by atoms with van der Waals surface area (Å²) in [4.78, 5) is 7.25. The first-order valence-electron chi connectivity index (χ1n) is 5.55. The molecule has 1 heterocycles. The van der Waals surface area contributed by atoms with Gasteiger partial charge < -0.3 is 15.8 Å². The van der Waals surface area contributed by atoms with E-state index in [1.807, 2.05) is 18.2 Å². The summed E-state index contributed by atoms with van der Waals surface area (Å²) >= 11 is 0.